The van der Waals surface area contributed by atoms with Crippen molar-refractivity contribution in [2.45, 2.75) is 76.3 Å². The lowest BCUT2D eigenvalue weighted by Crippen LogP contribution is -2.39. The minimum absolute atomic E-state index is 0.803. The number of nitrogens with one attached hydrogen (secondary N) is 1. The van der Waals surface area contributed by atoms with Crippen LogP contribution in [0.15, 0.2) is 0 Å². The molecule has 0 amide bonds. The van der Waals surface area contributed by atoms with E-state index in [0.29, 0.717) is 0 Å². The zero-order valence-corrected chi connectivity index (χ0v) is 11.9. The molecule has 1 N–H and O–H groups in total. The molecule has 0 aromatic carbocycles. The molecular formula is C16H30N2. The van der Waals surface area contributed by atoms with Gasteiger partial charge in [-0.25, -0.2) is 0 Å². The Kier molecular flexibility index (Phi) is 4.58. The molecule has 104 valence electrons. The Hall–Kier alpha value is -0.0800. The van der Waals surface area contributed by atoms with Crippen LogP contribution in [-0.4, -0.2) is 36.6 Å². The Morgan fingerprint density at radius 3 is 2.39 bits per heavy atom. The number of hydrogen-bond donors (Lipinski definition) is 1. The van der Waals surface area contributed by atoms with Crippen LogP contribution in [0.25, 0.3) is 0 Å². The molecule has 18 heavy (non-hydrogen) atoms. The molecular weight excluding hydrogens is 220 g/mol. The van der Waals surface area contributed by atoms with Crippen molar-refractivity contribution < 1.29 is 0 Å². The van der Waals surface area contributed by atoms with Gasteiger partial charge < -0.3 is 5.32 Å². The zero-order valence-electron chi connectivity index (χ0n) is 11.9. The minimum atomic E-state index is 0.803. The van der Waals surface area contributed by atoms with Gasteiger partial charge in [-0.15, -0.1) is 0 Å². The number of nitrogens with zero attached hydrogens (tertiary/aromatic N) is 1. The van der Waals surface area contributed by atoms with E-state index < -0.39 is 0 Å². The van der Waals surface area contributed by atoms with Crippen LogP contribution in [0.5, 0.6) is 0 Å². The molecule has 2 aliphatic carbocycles. The maximum Gasteiger partial charge on any atom is 0.0195 e. The van der Waals surface area contributed by atoms with E-state index in [1.54, 1.807) is 0 Å². The highest BCUT2D eigenvalue weighted by molar-refractivity contribution is 4.88. The van der Waals surface area contributed by atoms with Crippen LogP contribution in [-0.2, 0) is 0 Å². The summed E-state index contributed by atoms with van der Waals surface area (Å²) in [6, 6.07) is 1.76. The SMILES string of the molecule is C1CCC(CCN(CC2CCCN2)C2CC2)CC1. The van der Waals surface area contributed by atoms with Crippen LogP contribution >= 0.6 is 0 Å². The molecule has 0 aromatic heterocycles. The largest absolute Gasteiger partial charge is 0.313 e. The van der Waals surface area contributed by atoms with Crippen LogP contribution < -0.4 is 5.32 Å². The Morgan fingerprint density at radius 1 is 0.889 bits per heavy atom. The topological polar surface area (TPSA) is 15.3 Å². The summed E-state index contributed by atoms with van der Waals surface area (Å²) in [7, 11) is 0. The molecule has 1 aliphatic heterocycles. The van der Waals surface area contributed by atoms with Crippen molar-refractivity contribution in [3.05, 3.63) is 0 Å². The smallest absolute Gasteiger partial charge is 0.0195 e. The predicted octanol–water partition coefficient (Wildman–Crippen LogP) is 3.17. The average Bonchev–Trinajstić information content (AvgIpc) is 3.13. The molecule has 0 aromatic rings. The Bertz CT molecular complexity index is 237. The van der Waals surface area contributed by atoms with E-state index in [2.05, 4.69) is 10.2 Å². The van der Waals surface area contributed by atoms with Gasteiger partial charge in [0.15, 0.2) is 0 Å². The molecule has 3 aliphatic rings. The van der Waals surface area contributed by atoms with Crippen LogP contribution in [0.4, 0.5) is 0 Å². The molecule has 3 fully saturated rings. The van der Waals surface area contributed by atoms with E-state index in [1.165, 1.54) is 83.8 Å². The maximum atomic E-state index is 3.67. The van der Waals surface area contributed by atoms with Crippen LogP contribution in [0.3, 0.4) is 0 Å². The summed E-state index contributed by atoms with van der Waals surface area (Å²) in [5.74, 6) is 1.05. The fourth-order valence-electron chi connectivity index (χ4n) is 3.88. The van der Waals surface area contributed by atoms with Crippen molar-refractivity contribution in [2.75, 3.05) is 19.6 Å². The summed E-state index contributed by atoms with van der Waals surface area (Å²) in [6.07, 6.45) is 14.7. The lowest BCUT2D eigenvalue weighted by Gasteiger charge is -2.29. The second kappa shape index (κ2) is 6.38. The monoisotopic (exact) mass is 250 g/mol. The predicted molar refractivity (Wildman–Crippen MR) is 76.8 cm³/mol. The first-order valence-electron chi connectivity index (χ1n) is 8.39. The van der Waals surface area contributed by atoms with Gasteiger partial charge in [0.1, 0.15) is 0 Å². The third kappa shape index (κ3) is 3.71. The Labute approximate surface area is 113 Å². The molecule has 1 heterocycles. The quantitative estimate of drug-likeness (QED) is 0.779. The van der Waals surface area contributed by atoms with Crippen molar-refractivity contribution in [1.29, 1.82) is 0 Å². The lowest BCUT2D eigenvalue weighted by molar-refractivity contribution is 0.208. The van der Waals surface area contributed by atoms with Gasteiger partial charge in [-0.3, -0.25) is 4.90 Å². The van der Waals surface area contributed by atoms with Gasteiger partial charge in [0, 0.05) is 18.6 Å². The normalized spacial score (nSPS) is 30.2. The summed E-state index contributed by atoms with van der Waals surface area (Å²) in [4.78, 5) is 2.82. The van der Waals surface area contributed by atoms with E-state index in [-0.39, 0.29) is 0 Å². The van der Waals surface area contributed by atoms with E-state index in [0.717, 1.165) is 18.0 Å². The van der Waals surface area contributed by atoms with Crippen molar-refractivity contribution in [2.24, 2.45) is 5.92 Å². The van der Waals surface area contributed by atoms with Crippen molar-refractivity contribution >= 4 is 0 Å². The molecule has 2 heteroatoms. The van der Waals surface area contributed by atoms with Gasteiger partial charge in [0.25, 0.3) is 0 Å². The highest BCUT2D eigenvalue weighted by Gasteiger charge is 2.31. The summed E-state index contributed by atoms with van der Waals surface area (Å²) >= 11 is 0. The minimum Gasteiger partial charge on any atom is -0.313 e. The standard InChI is InChI=1S/C16H30N2/c1-2-5-14(6-3-1)10-12-18(16-8-9-16)13-15-7-4-11-17-15/h14-17H,1-13H2. The van der Waals surface area contributed by atoms with Crippen LogP contribution in [0, 0.1) is 5.92 Å². The molecule has 0 spiro atoms. The van der Waals surface area contributed by atoms with Gasteiger partial charge in [-0.05, 0) is 51.1 Å². The van der Waals surface area contributed by atoms with Crippen molar-refractivity contribution in [3.63, 3.8) is 0 Å². The summed E-state index contributed by atoms with van der Waals surface area (Å²) < 4.78 is 0. The molecule has 3 rings (SSSR count). The lowest BCUT2D eigenvalue weighted by atomic mass is 9.87. The van der Waals surface area contributed by atoms with Crippen LogP contribution in [0.1, 0.15) is 64.2 Å². The fourth-order valence-corrected chi connectivity index (χ4v) is 3.88. The Morgan fingerprint density at radius 2 is 1.72 bits per heavy atom. The second-order valence-corrected chi connectivity index (χ2v) is 6.81. The van der Waals surface area contributed by atoms with Gasteiger partial charge in [-0.1, -0.05) is 32.1 Å². The first-order chi connectivity index (χ1) is 8.92. The Balaban J connectivity index is 1.41. The number of hydrogen-bond acceptors (Lipinski definition) is 2. The molecule has 1 saturated heterocycles. The molecule has 0 radical (unpaired) electrons. The molecule has 1 atom stereocenters. The third-order valence-electron chi connectivity index (χ3n) is 5.23. The highest BCUT2D eigenvalue weighted by Crippen LogP contribution is 2.31. The molecule has 2 nitrogen and oxygen atoms in total. The van der Waals surface area contributed by atoms with Gasteiger partial charge in [0.05, 0.1) is 0 Å². The second-order valence-electron chi connectivity index (χ2n) is 6.81. The summed E-state index contributed by atoms with van der Waals surface area (Å²) in [5.41, 5.74) is 0. The van der Waals surface area contributed by atoms with Gasteiger partial charge in [0.2, 0.25) is 0 Å². The van der Waals surface area contributed by atoms with E-state index in [4.69, 9.17) is 0 Å². The van der Waals surface area contributed by atoms with E-state index in [9.17, 15) is 0 Å². The van der Waals surface area contributed by atoms with E-state index >= 15 is 0 Å². The molecule has 1 unspecified atom stereocenters. The third-order valence-corrected chi connectivity index (χ3v) is 5.23. The molecule has 0 bridgehead atoms. The first kappa shape index (κ1) is 12.9. The summed E-state index contributed by atoms with van der Waals surface area (Å²) in [6.45, 7) is 3.97. The zero-order chi connectivity index (χ0) is 12.2. The summed E-state index contributed by atoms with van der Waals surface area (Å²) in [5, 5.41) is 3.67. The first-order valence-corrected chi connectivity index (χ1v) is 8.39. The van der Waals surface area contributed by atoms with E-state index in [1.807, 2.05) is 0 Å². The van der Waals surface area contributed by atoms with Gasteiger partial charge in [-0.2, -0.15) is 0 Å². The van der Waals surface area contributed by atoms with Crippen molar-refractivity contribution in [3.8, 4) is 0 Å². The van der Waals surface area contributed by atoms with Crippen LogP contribution in [0.2, 0.25) is 0 Å². The maximum absolute atomic E-state index is 3.67. The average molecular weight is 250 g/mol. The highest BCUT2D eigenvalue weighted by atomic mass is 15.2. The fraction of sp³-hybridized carbons (Fsp3) is 1.00. The molecule has 2 saturated carbocycles. The van der Waals surface area contributed by atoms with Gasteiger partial charge >= 0.3 is 0 Å². The number of rotatable bonds is 6. The van der Waals surface area contributed by atoms with Crippen molar-refractivity contribution in [1.82, 2.24) is 10.2 Å².